The van der Waals surface area contributed by atoms with E-state index in [1.165, 1.54) is 10.5 Å². The van der Waals surface area contributed by atoms with Crippen molar-refractivity contribution >= 4 is 17.5 Å². The molecule has 82 valence electrons. The van der Waals surface area contributed by atoms with E-state index in [0.717, 1.165) is 0 Å². The molecule has 1 aromatic rings. The molecule has 0 spiro atoms. The standard InChI is InChI=1S/C13H18OS/c1-10(2)8-12(14)9-15-13-6-4-11(3)5-7-13/h4-7,10H,8-9H2,1-3H3. The van der Waals surface area contributed by atoms with Crippen LogP contribution in [0.5, 0.6) is 0 Å². The lowest BCUT2D eigenvalue weighted by Gasteiger charge is -2.04. The van der Waals surface area contributed by atoms with Crippen LogP contribution in [0.25, 0.3) is 0 Å². The fourth-order valence-corrected chi connectivity index (χ4v) is 2.09. The van der Waals surface area contributed by atoms with E-state index in [9.17, 15) is 4.79 Å². The van der Waals surface area contributed by atoms with Crippen LogP contribution in [0.15, 0.2) is 29.2 Å². The topological polar surface area (TPSA) is 17.1 Å². The minimum Gasteiger partial charge on any atom is -0.299 e. The number of Topliss-reactive ketones (excluding diaryl/α,β-unsaturated/α-hetero) is 1. The SMILES string of the molecule is Cc1ccc(SCC(=O)CC(C)C)cc1. The Bertz CT molecular complexity index is 314. The highest BCUT2D eigenvalue weighted by molar-refractivity contribution is 8.00. The first-order valence-electron chi connectivity index (χ1n) is 5.29. The second-order valence-electron chi connectivity index (χ2n) is 4.24. The Balaban J connectivity index is 2.37. The molecule has 1 nitrogen and oxygen atoms in total. The Kier molecular flexibility index (Phi) is 4.89. The van der Waals surface area contributed by atoms with Crippen molar-refractivity contribution in [1.82, 2.24) is 0 Å². The third-order valence-corrected chi connectivity index (χ3v) is 3.13. The van der Waals surface area contributed by atoms with Crippen LogP contribution < -0.4 is 0 Å². The summed E-state index contributed by atoms with van der Waals surface area (Å²) in [5, 5.41) is 0. The van der Waals surface area contributed by atoms with Gasteiger partial charge >= 0.3 is 0 Å². The van der Waals surface area contributed by atoms with E-state index in [1.807, 2.05) is 0 Å². The zero-order valence-corrected chi connectivity index (χ0v) is 10.4. The molecule has 1 aromatic carbocycles. The molecule has 0 heterocycles. The number of ketones is 1. The van der Waals surface area contributed by atoms with Gasteiger partial charge in [0.2, 0.25) is 0 Å². The van der Waals surface area contributed by atoms with Crippen LogP contribution in [0.4, 0.5) is 0 Å². The average Bonchev–Trinajstić information content (AvgIpc) is 2.16. The second kappa shape index (κ2) is 5.96. The maximum atomic E-state index is 11.5. The van der Waals surface area contributed by atoms with Crippen LogP contribution in [0.2, 0.25) is 0 Å². The first kappa shape index (κ1) is 12.3. The molecular weight excluding hydrogens is 204 g/mol. The normalized spacial score (nSPS) is 10.7. The predicted octanol–water partition coefficient (Wildman–Crippen LogP) is 3.70. The Labute approximate surface area is 96.3 Å². The number of hydrogen-bond donors (Lipinski definition) is 0. The van der Waals surface area contributed by atoms with Crippen LogP contribution in [-0.4, -0.2) is 11.5 Å². The molecule has 0 amide bonds. The number of thioether (sulfide) groups is 1. The van der Waals surface area contributed by atoms with Gasteiger partial charge in [0.05, 0.1) is 5.75 Å². The molecule has 0 aromatic heterocycles. The van der Waals surface area contributed by atoms with Gasteiger partial charge in [-0.15, -0.1) is 11.8 Å². The molecule has 0 aliphatic heterocycles. The molecule has 0 bridgehead atoms. The minimum absolute atomic E-state index is 0.343. The summed E-state index contributed by atoms with van der Waals surface area (Å²) >= 11 is 1.63. The fraction of sp³-hybridized carbons (Fsp3) is 0.462. The van der Waals surface area contributed by atoms with Gasteiger partial charge in [-0.1, -0.05) is 31.5 Å². The average molecular weight is 222 g/mol. The number of benzene rings is 1. The molecule has 0 fully saturated rings. The summed E-state index contributed by atoms with van der Waals surface area (Å²) in [5.41, 5.74) is 1.26. The lowest BCUT2D eigenvalue weighted by molar-refractivity contribution is -0.117. The highest BCUT2D eigenvalue weighted by Crippen LogP contribution is 2.19. The number of aryl methyl sites for hydroxylation is 1. The van der Waals surface area contributed by atoms with Gasteiger partial charge in [-0.2, -0.15) is 0 Å². The molecule has 0 radical (unpaired) electrons. The number of carbonyl (C=O) groups excluding carboxylic acids is 1. The summed E-state index contributed by atoms with van der Waals surface area (Å²) < 4.78 is 0. The molecule has 0 unspecified atom stereocenters. The molecule has 0 N–H and O–H groups in total. The van der Waals surface area contributed by atoms with Crippen molar-refractivity contribution in [2.45, 2.75) is 32.1 Å². The minimum atomic E-state index is 0.343. The van der Waals surface area contributed by atoms with E-state index in [-0.39, 0.29) is 0 Å². The van der Waals surface area contributed by atoms with Gasteiger partial charge in [-0.3, -0.25) is 4.79 Å². The quantitative estimate of drug-likeness (QED) is 0.707. The van der Waals surface area contributed by atoms with E-state index in [0.29, 0.717) is 23.9 Å². The Morgan fingerprint density at radius 1 is 1.27 bits per heavy atom. The van der Waals surface area contributed by atoms with Crippen molar-refractivity contribution in [2.75, 3.05) is 5.75 Å². The first-order valence-corrected chi connectivity index (χ1v) is 6.27. The van der Waals surface area contributed by atoms with E-state index < -0.39 is 0 Å². The van der Waals surface area contributed by atoms with E-state index in [4.69, 9.17) is 0 Å². The third-order valence-electron chi connectivity index (χ3n) is 2.06. The zero-order chi connectivity index (χ0) is 11.3. The summed E-state index contributed by atoms with van der Waals surface area (Å²) in [4.78, 5) is 12.7. The second-order valence-corrected chi connectivity index (χ2v) is 5.29. The van der Waals surface area contributed by atoms with E-state index in [2.05, 4.69) is 45.0 Å². The lowest BCUT2D eigenvalue weighted by Crippen LogP contribution is -2.05. The van der Waals surface area contributed by atoms with Crippen LogP contribution in [0.1, 0.15) is 25.8 Å². The number of hydrogen-bond acceptors (Lipinski definition) is 2. The van der Waals surface area contributed by atoms with Gasteiger partial charge < -0.3 is 0 Å². The third kappa shape index (κ3) is 5.03. The highest BCUT2D eigenvalue weighted by Gasteiger charge is 2.05. The molecule has 0 aliphatic carbocycles. The van der Waals surface area contributed by atoms with Crippen molar-refractivity contribution in [2.24, 2.45) is 5.92 Å². The summed E-state index contributed by atoms with van der Waals surface area (Å²) in [7, 11) is 0. The maximum Gasteiger partial charge on any atom is 0.143 e. The summed E-state index contributed by atoms with van der Waals surface area (Å²) in [6.45, 7) is 6.22. The van der Waals surface area contributed by atoms with Crippen molar-refractivity contribution in [3.63, 3.8) is 0 Å². The van der Waals surface area contributed by atoms with Gasteiger partial charge in [-0.05, 0) is 25.0 Å². The van der Waals surface area contributed by atoms with Gasteiger partial charge in [0, 0.05) is 11.3 Å². The van der Waals surface area contributed by atoms with Crippen molar-refractivity contribution in [1.29, 1.82) is 0 Å². The largest absolute Gasteiger partial charge is 0.299 e. The van der Waals surface area contributed by atoms with E-state index >= 15 is 0 Å². The summed E-state index contributed by atoms with van der Waals surface area (Å²) in [6.07, 6.45) is 0.693. The molecule has 2 heteroatoms. The monoisotopic (exact) mass is 222 g/mol. The lowest BCUT2D eigenvalue weighted by atomic mass is 10.1. The Morgan fingerprint density at radius 2 is 1.87 bits per heavy atom. The zero-order valence-electron chi connectivity index (χ0n) is 9.62. The van der Waals surface area contributed by atoms with Crippen molar-refractivity contribution < 1.29 is 4.79 Å². The maximum absolute atomic E-state index is 11.5. The molecule has 0 saturated heterocycles. The molecular formula is C13H18OS. The molecule has 15 heavy (non-hydrogen) atoms. The molecule has 0 atom stereocenters. The fourth-order valence-electron chi connectivity index (χ4n) is 1.31. The highest BCUT2D eigenvalue weighted by atomic mass is 32.2. The number of rotatable bonds is 5. The van der Waals surface area contributed by atoms with Crippen LogP contribution >= 0.6 is 11.8 Å². The Morgan fingerprint density at radius 3 is 2.40 bits per heavy atom. The van der Waals surface area contributed by atoms with Crippen LogP contribution in [-0.2, 0) is 4.79 Å². The van der Waals surface area contributed by atoms with Gasteiger partial charge in [-0.25, -0.2) is 0 Å². The molecule has 0 aliphatic rings. The van der Waals surface area contributed by atoms with Crippen molar-refractivity contribution in [3.8, 4) is 0 Å². The van der Waals surface area contributed by atoms with Gasteiger partial charge in [0.1, 0.15) is 5.78 Å². The summed E-state index contributed by atoms with van der Waals surface area (Å²) in [5.74, 6) is 1.41. The molecule has 1 rings (SSSR count). The molecule has 0 saturated carbocycles. The predicted molar refractivity (Wildman–Crippen MR) is 66.4 cm³/mol. The Hall–Kier alpha value is -0.760. The van der Waals surface area contributed by atoms with Crippen LogP contribution in [0.3, 0.4) is 0 Å². The summed E-state index contributed by atoms with van der Waals surface area (Å²) in [6, 6.07) is 8.30. The van der Waals surface area contributed by atoms with Crippen molar-refractivity contribution in [3.05, 3.63) is 29.8 Å². The number of carbonyl (C=O) groups is 1. The van der Waals surface area contributed by atoms with Gasteiger partial charge in [0.15, 0.2) is 0 Å². The van der Waals surface area contributed by atoms with E-state index in [1.54, 1.807) is 11.8 Å². The van der Waals surface area contributed by atoms with Gasteiger partial charge in [0.25, 0.3) is 0 Å². The first-order chi connectivity index (χ1) is 7.08. The van der Waals surface area contributed by atoms with Crippen LogP contribution in [0, 0.1) is 12.8 Å². The smallest absolute Gasteiger partial charge is 0.143 e.